The fourth-order valence-corrected chi connectivity index (χ4v) is 10.6. The fourth-order valence-electron chi connectivity index (χ4n) is 1.43. The van der Waals surface area contributed by atoms with Crippen molar-refractivity contribution in [2.75, 3.05) is 11.5 Å². The van der Waals surface area contributed by atoms with Gasteiger partial charge in [-0.1, -0.05) is 73.0 Å². The summed E-state index contributed by atoms with van der Waals surface area (Å²) in [5.74, 6) is 2.66. The topological polar surface area (TPSA) is 0 Å². The number of hydrogen-bond acceptors (Lipinski definition) is 4. The van der Waals surface area contributed by atoms with E-state index >= 15 is 0 Å². The molecule has 0 N–H and O–H groups in total. The second-order valence-electron chi connectivity index (χ2n) is 7.11. The predicted molar refractivity (Wildman–Crippen MR) is 106 cm³/mol. The van der Waals surface area contributed by atoms with E-state index in [1.54, 1.807) is 0 Å². The average Bonchev–Trinajstić information content (AvgIpc) is 2.17. The lowest BCUT2D eigenvalue weighted by atomic mass is 10.6. The minimum atomic E-state index is -0.792. The molecule has 0 nitrogen and oxygen atoms in total. The molecule has 0 rings (SSSR count). The maximum Gasteiger partial charge on any atom is 0.0442 e. The molecule has 0 spiro atoms. The van der Waals surface area contributed by atoms with Crippen LogP contribution in [0.1, 0.15) is 12.8 Å². The van der Waals surface area contributed by atoms with Gasteiger partial charge < -0.3 is 0 Å². The van der Waals surface area contributed by atoms with Crippen LogP contribution in [0, 0.1) is 0 Å². The van der Waals surface area contributed by atoms with E-state index in [1.165, 1.54) is 36.4 Å². The smallest absolute Gasteiger partial charge is 0.0442 e. The second-order valence-corrected chi connectivity index (χ2v) is 24.6. The van der Waals surface area contributed by atoms with Crippen molar-refractivity contribution in [3.05, 3.63) is 0 Å². The van der Waals surface area contributed by atoms with Crippen molar-refractivity contribution in [2.24, 2.45) is 0 Å². The monoisotopic (exact) mass is 358 g/mol. The van der Waals surface area contributed by atoms with Gasteiger partial charge in [-0.15, -0.1) is 0 Å². The molecule has 6 heteroatoms. The minimum absolute atomic E-state index is 0.792. The Labute approximate surface area is 132 Å². The number of rotatable bonds is 11. The van der Waals surface area contributed by atoms with Gasteiger partial charge in [-0.05, 0) is 32.5 Å². The normalized spacial score (nSPS) is 13.0. The molecule has 0 saturated heterocycles. The van der Waals surface area contributed by atoms with Crippen LogP contribution in [0.3, 0.4) is 0 Å². The fraction of sp³-hybridized carbons (Fsp3) is 1.00. The summed E-state index contributed by atoms with van der Waals surface area (Å²) in [5, 5.41) is 0. The van der Waals surface area contributed by atoms with Crippen LogP contribution in [0.2, 0.25) is 51.4 Å². The summed E-state index contributed by atoms with van der Waals surface area (Å²) in [7, 11) is 6.48. The van der Waals surface area contributed by atoms with E-state index in [2.05, 4.69) is 39.3 Å². The highest BCUT2D eigenvalue weighted by atomic mass is 33.7. The molecular weight excluding hydrogens is 329 g/mol. The molecule has 0 aliphatic rings. The van der Waals surface area contributed by atoms with E-state index in [4.69, 9.17) is 0 Å². The van der Waals surface area contributed by atoms with Crippen molar-refractivity contribution >= 4 is 57.4 Å². The van der Waals surface area contributed by atoms with Gasteiger partial charge in [-0.2, -0.15) is 0 Å². The molecule has 0 aliphatic carbocycles. The molecule has 0 radical (unpaired) electrons. The minimum Gasteiger partial charge on any atom is -0.0817 e. The quantitative estimate of drug-likeness (QED) is 0.219. The van der Waals surface area contributed by atoms with Crippen LogP contribution in [0.4, 0.5) is 0 Å². The maximum absolute atomic E-state index is 2.47. The van der Waals surface area contributed by atoms with E-state index in [-0.39, 0.29) is 0 Å². The maximum atomic E-state index is 2.47. The van der Waals surface area contributed by atoms with E-state index in [9.17, 15) is 0 Å². The molecule has 0 amide bonds. The first-order valence-corrected chi connectivity index (χ1v) is 19.4. The van der Waals surface area contributed by atoms with Crippen molar-refractivity contribution < 1.29 is 0 Å². The van der Waals surface area contributed by atoms with Gasteiger partial charge in [-0.25, -0.2) is 0 Å². The lowest BCUT2D eigenvalue weighted by molar-refractivity contribution is 1.07. The van der Waals surface area contributed by atoms with E-state index in [0.717, 1.165) is 0 Å². The van der Waals surface area contributed by atoms with Crippen LogP contribution in [-0.2, 0) is 0 Å². The second kappa shape index (κ2) is 10.5. The van der Waals surface area contributed by atoms with Crippen LogP contribution in [-0.4, -0.2) is 27.7 Å². The molecule has 0 aromatic carbocycles. The molecule has 0 saturated carbocycles. The summed E-state index contributed by atoms with van der Waals surface area (Å²) >= 11 is 0. The zero-order chi connectivity index (χ0) is 14.1. The lowest BCUT2D eigenvalue weighted by Crippen LogP contribution is -2.18. The molecule has 0 atom stereocenters. The van der Waals surface area contributed by atoms with E-state index in [0.29, 0.717) is 0 Å². The van der Waals surface area contributed by atoms with Crippen LogP contribution < -0.4 is 0 Å². The Morgan fingerprint density at radius 3 is 1.22 bits per heavy atom. The molecule has 0 aromatic rings. The third-order valence-electron chi connectivity index (χ3n) is 2.43. The first-order chi connectivity index (χ1) is 8.21. The van der Waals surface area contributed by atoms with Gasteiger partial charge in [0.25, 0.3) is 0 Å². The van der Waals surface area contributed by atoms with E-state index < -0.39 is 16.1 Å². The van der Waals surface area contributed by atoms with Gasteiger partial charge in [-0.3, -0.25) is 0 Å². The molecule has 0 aliphatic heterocycles. The Kier molecular flexibility index (Phi) is 11.6. The molecular formula is C12H30S4Si2. The summed E-state index contributed by atoms with van der Waals surface area (Å²) in [6.45, 7) is 14.8. The zero-order valence-electron chi connectivity index (χ0n) is 12.9. The van der Waals surface area contributed by atoms with Crippen LogP contribution in [0.5, 0.6) is 0 Å². The Hall–Kier alpha value is 1.83. The first kappa shape index (κ1) is 19.8. The lowest BCUT2D eigenvalue weighted by Gasteiger charge is -2.15. The highest BCUT2D eigenvalue weighted by Crippen LogP contribution is 2.43. The summed E-state index contributed by atoms with van der Waals surface area (Å²) in [5.41, 5.74) is 0. The van der Waals surface area contributed by atoms with Crippen molar-refractivity contribution in [1.29, 1.82) is 0 Å². The predicted octanol–water partition coefficient (Wildman–Crippen LogP) is 7.12. The molecule has 18 heavy (non-hydrogen) atoms. The van der Waals surface area contributed by atoms with Crippen molar-refractivity contribution in [2.45, 2.75) is 64.2 Å². The standard InChI is InChI=1S/C12H30S4Si2/c1-17(2,3)11-7-9-13-15-16-14-10-8-12-18(4,5)6/h7-12H2,1-6H3. The zero-order valence-corrected chi connectivity index (χ0v) is 18.1. The third kappa shape index (κ3) is 17.8. The third-order valence-corrected chi connectivity index (χ3v) is 12.8. The SMILES string of the molecule is C[Si](C)(C)CCCSSSSCCC[Si](C)(C)C. The highest BCUT2D eigenvalue weighted by Gasteiger charge is 2.12. The van der Waals surface area contributed by atoms with Gasteiger partial charge in [0.1, 0.15) is 0 Å². The Morgan fingerprint density at radius 1 is 0.611 bits per heavy atom. The largest absolute Gasteiger partial charge is 0.0817 e. The van der Waals surface area contributed by atoms with Crippen LogP contribution >= 0.6 is 41.2 Å². The summed E-state index contributed by atoms with van der Waals surface area (Å²) in [4.78, 5) is 0. The van der Waals surface area contributed by atoms with Gasteiger partial charge in [0.2, 0.25) is 0 Å². The molecule has 110 valence electrons. The molecule has 0 fully saturated rings. The first-order valence-electron chi connectivity index (χ1n) is 6.78. The Morgan fingerprint density at radius 2 is 0.944 bits per heavy atom. The molecule has 0 bridgehead atoms. The number of hydrogen-bond donors (Lipinski definition) is 0. The molecule has 0 aromatic heterocycles. The van der Waals surface area contributed by atoms with Crippen molar-refractivity contribution in [3.8, 4) is 0 Å². The molecule has 0 unspecified atom stereocenters. The summed E-state index contributed by atoms with van der Waals surface area (Å²) < 4.78 is 0. The van der Waals surface area contributed by atoms with Crippen molar-refractivity contribution in [1.82, 2.24) is 0 Å². The van der Waals surface area contributed by atoms with Crippen molar-refractivity contribution in [3.63, 3.8) is 0 Å². The highest BCUT2D eigenvalue weighted by molar-refractivity contribution is 9.26. The summed E-state index contributed by atoms with van der Waals surface area (Å²) in [6, 6.07) is 2.96. The average molecular weight is 359 g/mol. The van der Waals surface area contributed by atoms with Crippen LogP contribution in [0.25, 0.3) is 0 Å². The van der Waals surface area contributed by atoms with Gasteiger partial charge in [0.05, 0.1) is 0 Å². The van der Waals surface area contributed by atoms with Gasteiger partial charge in [0.15, 0.2) is 0 Å². The van der Waals surface area contributed by atoms with Crippen LogP contribution in [0.15, 0.2) is 0 Å². The van der Waals surface area contributed by atoms with Gasteiger partial charge in [0, 0.05) is 27.7 Å². The Balaban J connectivity index is 3.13. The van der Waals surface area contributed by atoms with Gasteiger partial charge >= 0.3 is 0 Å². The Bertz CT molecular complexity index is 177. The molecule has 0 heterocycles. The summed E-state index contributed by atoms with van der Waals surface area (Å²) in [6.07, 6.45) is 2.82. The van der Waals surface area contributed by atoms with E-state index in [1.807, 2.05) is 41.2 Å².